The summed E-state index contributed by atoms with van der Waals surface area (Å²) in [5, 5.41) is 15.2. The van der Waals surface area contributed by atoms with E-state index in [0.717, 1.165) is 47.5 Å². The lowest BCUT2D eigenvalue weighted by Crippen LogP contribution is -2.24. The van der Waals surface area contributed by atoms with Crippen molar-refractivity contribution in [2.75, 3.05) is 16.5 Å². The maximum atomic E-state index is 13.4. The number of hydrogen-bond acceptors (Lipinski definition) is 4. The number of carbonyl (C=O) groups excluding carboxylic acids is 1. The summed E-state index contributed by atoms with van der Waals surface area (Å²) in [4.78, 5) is 27.8. The molecule has 2 aliphatic heterocycles. The molecular formula is C33H27N3O3. The minimum absolute atomic E-state index is 0.0702. The van der Waals surface area contributed by atoms with E-state index in [9.17, 15) is 14.7 Å². The lowest BCUT2D eigenvalue weighted by Gasteiger charge is -2.31. The fourth-order valence-electron chi connectivity index (χ4n) is 5.17. The molecule has 6 heteroatoms. The summed E-state index contributed by atoms with van der Waals surface area (Å²) in [6, 6.07) is 31.8. The lowest BCUT2D eigenvalue weighted by molar-refractivity contribution is -0.129. The zero-order chi connectivity index (χ0) is 26.9. The molecule has 0 atom stereocenters. The fourth-order valence-corrected chi connectivity index (χ4v) is 5.17. The van der Waals surface area contributed by atoms with Crippen molar-refractivity contribution in [2.45, 2.75) is 19.8 Å². The number of aliphatic carboxylic acids is 1. The highest BCUT2D eigenvalue weighted by Crippen LogP contribution is 2.35. The van der Waals surface area contributed by atoms with Crippen LogP contribution < -0.4 is 9.91 Å². The van der Waals surface area contributed by atoms with Crippen LogP contribution in [0.15, 0.2) is 108 Å². The number of amides is 1. The third-order valence-electron chi connectivity index (χ3n) is 7.18. The average molecular weight is 514 g/mol. The maximum Gasteiger partial charge on any atom is 0.357 e. The summed E-state index contributed by atoms with van der Waals surface area (Å²) >= 11 is 0. The highest BCUT2D eigenvalue weighted by atomic mass is 16.4. The van der Waals surface area contributed by atoms with Crippen molar-refractivity contribution in [3.8, 4) is 11.1 Å². The Morgan fingerprint density at radius 2 is 1.56 bits per heavy atom. The first kappa shape index (κ1) is 24.4. The predicted octanol–water partition coefficient (Wildman–Crippen LogP) is 6.62. The second-order valence-electron chi connectivity index (χ2n) is 9.82. The van der Waals surface area contributed by atoms with Crippen LogP contribution in [-0.2, 0) is 16.0 Å². The van der Waals surface area contributed by atoms with Crippen LogP contribution in [0, 0.1) is 6.92 Å². The van der Waals surface area contributed by atoms with Crippen molar-refractivity contribution < 1.29 is 14.7 Å². The minimum atomic E-state index is -1.23. The first-order valence-electron chi connectivity index (χ1n) is 13.0. The van der Waals surface area contributed by atoms with Crippen molar-refractivity contribution in [1.29, 1.82) is 0 Å². The van der Waals surface area contributed by atoms with Gasteiger partial charge in [-0.15, -0.1) is 0 Å². The Hall–Kier alpha value is -4.97. The molecule has 0 saturated heterocycles. The number of rotatable bonds is 5. The van der Waals surface area contributed by atoms with E-state index in [2.05, 4.69) is 47.3 Å². The van der Waals surface area contributed by atoms with Crippen LogP contribution in [0.2, 0.25) is 0 Å². The molecule has 2 aliphatic rings. The van der Waals surface area contributed by atoms with Gasteiger partial charge in [0.05, 0.1) is 11.3 Å². The molecule has 192 valence electrons. The number of hydrogen-bond donors (Lipinski definition) is 1. The molecule has 6 rings (SSSR count). The Morgan fingerprint density at radius 3 is 2.28 bits per heavy atom. The summed E-state index contributed by atoms with van der Waals surface area (Å²) in [7, 11) is 0. The Bertz CT molecular complexity index is 1620. The van der Waals surface area contributed by atoms with Gasteiger partial charge in [-0.3, -0.25) is 4.79 Å². The van der Waals surface area contributed by atoms with Gasteiger partial charge < -0.3 is 10.0 Å². The molecule has 0 spiro atoms. The number of hydrazone groups is 1. The van der Waals surface area contributed by atoms with Gasteiger partial charge in [-0.1, -0.05) is 66.2 Å². The highest BCUT2D eigenvalue weighted by molar-refractivity contribution is 6.53. The number of carbonyl (C=O) groups is 2. The molecule has 6 nitrogen and oxygen atoms in total. The van der Waals surface area contributed by atoms with E-state index >= 15 is 0 Å². The smallest absolute Gasteiger partial charge is 0.357 e. The van der Waals surface area contributed by atoms with E-state index in [1.54, 1.807) is 18.2 Å². The Balaban J connectivity index is 1.30. The summed E-state index contributed by atoms with van der Waals surface area (Å²) in [5.74, 6) is -1.69. The average Bonchev–Trinajstić information content (AvgIpc) is 3.29. The molecule has 39 heavy (non-hydrogen) atoms. The van der Waals surface area contributed by atoms with E-state index in [4.69, 9.17) is 0 Å². The predicted molar refractivity (Wildman–Crippen MR) is 155 cm³/mol. The summed E-state index contributed by atoms with van der Waals surface area (Å²) in [6.07, 6.45) is 3.57. The first-order chi connectivity index (χ1) is 19.0. The molecule has 0 aliphatic carbocycles. The maximum absolute atomic E-state index is 13.4. The van der Waals surface area contributed by atoms with Crippen molar-refractivity contribution in [3.05, 3.63) is 119 Å². The number of nitrogens with zero attached hydrogens (tertiary/aromatic N) is 3. The van der Waals surface area contributed by atoms with Crippen LogP contribution in [0.5, 0.6) is 0 Å². The molecule has 0 aromatic heterocycles. The van der Waals surface area contributed by atoms with Crippen LogP contribution in [0.1, 0.15) is 23.1 Å². The van der Waals surface area contributed by atoms with Gasteiger partial charge >= 0.3 is 5.97 Å². The fraction of sp³-hybridized carbons (Fsp3) is 0.121. The van der Waals surface area contributed by atoms with E-state index in [1.807, 2.05) is 54.6 Å². The van der Waals surface area contributed by atoms with Crippen LogP contribution in [-0.4, -0.2) is 29.2 Å². The van der Waals surface area contributed by atoms with Gasteiger partial charge in [0.1, 0.15) is 0 Å². The second-order valence-corrected chi connectivity index (χ2v) is 9.82. The third-order valence-corrected chi connectivity index (χ3v) is 7.18. The standard InChI is InChI=1S/C33H27N3O3/c1-22-9-14-27(15-10-22)35-19-5-8-26-20-23(11-18-30(26)35)21-29-31(33(38)39)34-36(32(29)37)28-16-12-25(13-17-28)24-6-3-2-4-7-24/h2-4,6-7,9-18,20-21H,5,8,19H2,1H3,(H,38,39)/b29-21-. The van der Waals surface area contributed by atoms with Gasteiger partial charge in [0.15, 0.2) is 5.71 Å². The number of carboxylic acid groups (broad SMARTS) is 1. The highest BCUT2D eigenvalue weighted by Gasteiger charge is 2.35. The Morgan fingerprint density at radius 1 is 0.872 bits per heavy atom. The molecule has 0 unspecified atom stereocenters. The van der Waals surface area contributed by atoms with Crippen molar-refractivity contribution in [2.24, 2.45) is 5.10 Å². The Labute approximate surface area is 227 Å². The van der Waals surface area contributed by atoms with Gasteiger partial charge in [-0.2, -0.15) is 10.1 Å². The Kier molecular flexibility index (Phi) is 6.29. The molecule has 0 fully saturated rings. The monoisotopic (exact) mass is 513 g/mol. The summed E-state index contributed by atoms with van der Waals surface area (Å²) in [5.41, 5.74) is 7.83. The molecule has 4 aromatic rings. The topological polar surface area (TPSA) is 73.2 Å². The van der Waals surface area contributed by atoms with E-state index in [1.165, 1.54) is 16.1 Å². The quantitative estimate of drug-likeness (QED) is 0.305. The molecule has 2 heterocycles. The van der Waals surface area contributed by atoms with Crippen LogP contribution >= 0.6 is 0 Å². The van der Waals surface area contributed by atoms with Crippen molar-refractivity contribution in [1.82, 2.24) is 0 Å². The van der Waals surface area contributed by atoms with Gasteiger partial charge in [-0.25, -0.2) is 4.79 Å². The number of benzene rings is 4. The number of carboxylic acids is 1. The largest absolute Gasteiger partial charge is 0.476 e. The summed E-state index contributed by atoms with van der Waals surface area (Å²) < 4.78 is 0. The van der Waals surface area contributed by atoms with Gasteiger partial charge in [-0.05, 0) is 84.5 Å². The van der Waals surface area contributed by atoms with Gasteiger partial charge in [0.25, 0.3) is 5.91 Å². The second kappa shape index (κ2) is 10.1. The van der Waals surface area contributed by atoms with Gasteiger partial charge in [0, 0.05) is 17.9 Å². The summed E-state index contributed by atoms with van der Waals surface area (Å²) in [6.45, 7) is 3.01. The molecule has 0 radical (unpaired) electrons. The molecule has 4 aromatic carbocycles. The first-order valence-corrected chi connectivity index (χ1v) is 13.0. The van der Waals surface area contributed by atoms with Crippen LogP contribution in [0.4, 0.5) is 17.1 Å². The molecule has 0 bridgehead atoms. The zero-order valence-electron chi connectivity index (χ0n) is 21.5. The SMILES string of the molecule is Cc1ccc(N2CCCc3cc(/C=C4\C(=O)N(c5ccc(-c6ccccc6)cc5)N=C4C(=O)O)ccc32)cc1. The van der Waals surface area contributed by atoms with E-state index in [-0.39, 0.29) is 11.3 Å². The normalized spacial score (nSPS) is 15.9. The van der Waals surface area contributed by atoms with Crippen LogP contribution in [0.3, 0.4) is 0 Å². The zero-order valence-corrected chi connectivity index (χ0v) is 21.5. The number of fused-ring (bicyclic) bond motifs is 1. The molecule has 1 amide bonds. The number of anilines is 3. The lowest BCUT2D eigenvalue weighted by atomic mass is 9.97. The van der Waals surface area contributed by atoms with Crippen LogP contribution in [0.25, 0.3) is 17.2 Å². The van der Waals surface area contributed by atoms with E-state index < -0.39 is 11.9 Å². The van der Waals surface area contributed by atoms with Gasteiger partial charge in [0.2, 0.25) is 0 Å². The molecule has 0 saturated carbocycles. The van der Waals surface area contributed by atoms with Crippen molar-refractivity contribution >= 4 is 40.7 Å². The van der Waals surface area contributed by atoms with Crippen molar-refractivity contribution in [3.63, 3.8) is 0 Å². The number of aryl methyl sites for hydroxylation is 2. The third kappa shape index (κ3) is 4.73. The minimum Gasteiger partial charge on any atom is -0.476 e. The molecule has 1 N–H and O–H groups in total. The van der Waals surface area contributed by atoms with E-state index in [0.29, 0.717) is 5.69 Å². The molecular weight excluding hydrogens is 486 g/mol.